The van der Waals surface area contributed by atoms with Gasteiger partial charge in [-0.2, -0.15) is 0 Å². The van der Waals surface area contributed by atoms with Crippen LogP contribution in [0.15, 0.2) is 0 Å². The minimum atomic E-state index is -0.570. The smallest absolute Gasteiger partial charge is 0.0845 e. The number of hydrogen-bond donors (Lipinski definition) is 1. The van der Waals surface area contributed by atoms with Gasteiger partial charge < -0.3 is 9.84 Å². The molecular formula is C16H29NO2. The van der Waals surface area contributed by atoms with Gasteiger partial charge in [-0.05, 0) is 60.3 Å². The quantitative estimate of drug-likeness (QED) is 0.834. The Balaban J connectivity index is 1.81. The molecule has 3 aliphatic rings. The van der Waals surface area contributed by atoms with E-state index in [1.165, 1.54) is 12.8 Å². The van der Waals surface area contributed by atoms with Crippen molar-refractivity contribution in [3.8, 4) is 0 Å². The van der Waals surface area contributed by atoms with E-state index in [0.717, 1.165) is 25.4 Å². The molecule has 3 rings (SSSR count). The normalized spacial score (nSPS) is 45.8. The molecule has 3 nitrogen and oxygen atoms in total. The fraction of sp³-hybridized carbons (Fsp3) is 1.00. The topological polar surface area (TPSA) is 32.7 Å². The minimum absolute atomic E-state index is 0.111. The Bertz CT molecular complexity index is 375. The van der Waals surface area contributed by atoms with Crippen molar-refractivity contribution in [2.24, 2.45) is 5.92 Å². The van der Waals surface area contributed by atoms with Gasteiger partial charge in [0.2, 0.25) is 0 Å². The van der Waals surface area contributed by atoms with Crippen molar-refractivity contribution in [1.82, 2.24) is 4.90 Å². The summed E-state index contributed by atoms with van der Waals surface area (Å²) in [6.07, 6.45) is 4.49. The SMILES string of the molecule is CC1CC(O)(C2CC(C)(C)OC2(C)C)CN1C1CC1. The summed E-state index contributed by atoms with van der Waals surface area (Å²) in [6, 6.07) is 1.25. The average Bonchev–Trinajstić information content (AvgIpc) is 2.96. The maximum absolute atomic E-state index is 11.3. The zero-order chi connectivity index (χ0) is 14.1. The van der Waals surface area contributed by atoms with Crippen molar-refractivity contribution in [2.75, 3.05) is 6.54 Å². The van der Waals surface area contributed by atoms with E-state index in [-0.39, 0.29) is 17.1 Å². The minimum Gasteiger partial charge on any atom is -0.388 e. The lowest BCUT2D eigenvalue weighted by atomic mass is 9.73. The Morgan fingerprint density at radius 2 is 1.74 bits per heavy atom. The first-order valence-electron chi connectivity index (χ1n) is 7.81. The third-order valence-electron chi connectivity index (χ3n) is 5.41. The average molecular weight is 267 g/mol. The van der Waals surface area contributed by atoms with Crippen molar-refractivity contribution >= 4 is 0 Å². The summed E-state index contributed by atoms with van der Waals surface area (Å²) in [5, 5.41) is 11.3. The fourth-order valence-electron chi connectivity index (χ4n) is 4.71. The second kappa shape index (κ2) is 3.96. The number of likely N-dealkylation sites (tertiary alicyclic amines) is 1. The summed E-state index contributed by atoms with van der Waals surface area (Å²) in [5.41, 5.74) is -0.906. The van der Waals surface area contributed by atoms with Crippen molar-refractivity contribution < 1.29 is 9.84 Å². The molecule has 0 aromatic carbocycles. The first-order valence-corrected chi connectivity index (χ1v) is 7.81. The van der Waals surface area contributed by atoms with E-state index in [1.54, 1.807) is 0 Å². The Morgan fingerprint density at radius 3 is 2.21 bits per heavy atom. The molecule has 0 aromatic heterocycles. The van der Waals surface area contributed by atoms with Crippen LogP contribution in [0.4, 0.5) is 0 Å². The molecule has 2 aliphatic heterocycles. The van der Waals surface area contributed by atoms with Crippen LogP contribution in [0, 0.1) is 5.92 Å². The predicted molar refractivity (Wildman–Crippen MR) is 76.1 cm³/mol. The number of rotatable bonds is 2. The third kappa shape index (κ3) is 2.34. The number of aliphatic hydroxyl groups is 1. The highest BCUT2D eigenvalue weighted by atomic mass is 16.5. The van der Waals surface area contributed by atoms with Crippen molar-refractivity contribution in [3.05, 3.63) is 0 Å². The summed E-state index contributed by atoms with van der Waals surface area (Å²) in [7, 11) is 0. The van der Waals surface area contributed by atoms with Crippen LogP contribution < -0.4 is 0 Å². The van der Waals surface area contributed by atoms with Crippen LogP contribution in [0.25, 0.3) is 0 Å². The monoisotopic (exact) mass is 267 g/mol. The molecule has 0 spiro atoms. The standard InChI is InChI=1S/C16H29NO2/c1-11-8-16(18,10-17(11)12-6-7-12)13-9-14(2,3)19-15(13,4)5/h11-13,18H,6-10H2,1-5H3. The molecule has 110 valence electrons. The summed E-state index contributed by atoms with van der Waals surface area (Å²) < 4.78 is 6.19. The van der Waals surface area contributed by atoms with Gasteiger partial charge in [0.05, 0.1) is 16.8 Å². The summed E-state index contributed by atoms with van der Waals surface area (Å²) in [4.78, 5) is 2.53. The third-order valence-corrected chi connectivity index (χ3v) is 5.41. The van der Waals surface area contributed by atoms with Crippen LogP contribution in [0.3, 0.4) is 0 Å². The van der Waals surface area contributed by atoms with E-state index < -0.39 is 5.60 Å². The van der Waals surface area contributed by atoms with Gasteiger partial charge in [0.15, 0.2) is 0 Å². The molecule has 3 unspecified atom stereocenters. The molecule has 3 fully saturated rings. The lowest BCUT2D eigenvalue weighted by Gasteiger charge is -2.37. The second-order valence-corrected chi connectivity index (χ2v) is 8.28. The first kappa shape index (κ1) is 13.8. The lowest BCUT2D eigenvalue weighted by molar-refractivity contribution is -0.110. The lowest BCUT2D eigenvalue weighted by Crippen LogP contribution is -2.48. The molecule has 0 amide bonds. The Morgan fingerprint density at radius 1 is 1.11 bits per heavy atom. The Kier molecular flexibility index (Phi) is 2.88. The predicted octanol–water partition coefficient (Wildman–Crippen LogP) is 2.57. The van der Waals surface area contributed by atoms with Crippen LogP contribution in [0.5, 0.6) is 0 Å². The second-order valence-electron chi connectivity index (χ2n) is 8.28. The Hall–Kier alpha value is -0.120. The van der Waals surface area contributed by atoms with E-state index in [1.807, 2.05) is 0 Å². The molecule has 1 aliphatic carbocycles. The first-order chi connectivity index (χ1) is 8.63. The fourth-order valence-corrected chi connectivity index (χ4v) is 4.71. The largest absolute Gasteiger partial charge is 0.388 e. The Labute approximate surface area is 117 Å². The zero-order valence-electron chi connectivity index (χ0n) is 13.1. The van der Waals surface area contributed by atoms with Gasteiger partial charge in [-0.3, -0.25) is 4.90 Å². The van der Waals surface area contributed by atoms with Crippen LogP contribution in [0.1, 0.15) is 60.3 Å². The van der Waals surface area contributed by atoms with E-state index in [9.17, 15) is 5.11 Å². The van der Waals surface area contributed by atoms with Gasteiger partial charge in [-0.25, -0.2) is 0 Å². The summed E-state index contributed by atoms with van der Waals surface area (Å²) in [5.74, 6) is 0.237. The molecule has 2 heterocycles. The molecule has 2 saturated heterocycles. The van der Waals surface area contributed by atoms with Gasteiger partial charge in [-0.1, -0.05) is 0 Å². The molecule has 1 saturated carbocycles. The molecule has 1 N–H and O–H groups in total. The van der Waals surface area contributed by atoms with Crippen molar-refractivity contribution in [2.45, 2.75) is 89.2 Å². The van der Waals surface area contributed by atoms with Gasteiger partial charge in [0.25, 0.3) is 0 Å². The van der Waals surface area contributed by atoms with E-state index in [0.29, 0.717) is 6.04 Å². The number of ether oxygens (including phenoxy) is 1. The molecule has 0 bridgehead atoms. The van der Waals surface area contributed by atoms with Crippen molar-refractivity contribution in [1.29, 1.82) is 0 Å². The van der Waals surface area contributed by atoms with Crippen molar-refractivity contribution in [3.63, 3.8) is 0 Å². The van der Waals surface area contributed by atoms with Gasteiger partial charge in [-0.15, -0.1) is 0 Å². The van der Waals surface area contributed by atoms with E-state index in [2.05, 4.69) is 39.5 Å². The highest BCUT2D eigenvalue weighted by molar-refractivity contribution is 5.10. The number of hydrogen-bond acceptors (Lipinski definition) is 3. The van der Waals surface area contributed by atoms with E-state index >= 15 is 0 Å². The van der Waals surface area contributed by atoms with Gasteiger partial charge in [0, 0.05) is 24.5 Å². The highest BCUT2D eigenvalue weighted by Gasteiger charge is 2.59. The zero-order valence-corrected chi connectivity index (χ0v) is 13.1. The molecule has 3 heteroatoms. The van der Waals surface area contributed by atoms with Crippen LogP contribution in [0.2, 0.25) is 0 Å². The molecule has 19 heavy (non-hydrogen) atoms. The maximum Gasteiger partial charge on any atom is 0.0845 e. The molecule has 3 atom stereocenters. The van der Waals surface area contributed by atoms with Crippen LogP contribution in [-0.2, 0) is 4.74 Å². The maximum atomic E-state index is 11.3. The molecular weight excluding hydrogens is 238 g/mol. The summed E-state index contributed by atoms with van der Waals surface area (Å²) >= 11 is 0. The molecule has 0 radical (unpaired) electrons. The number of nitrogens with zero attached hydrogens (tertiary/aromatic N) is 1. The molecule has 0 aromatic rings. The van der Waals surface area contributed by atoms with Crippen LogP contribution >= 0.6 is 0 Å². The van der Waals surface area contributed by atoms with Crippen LogP contribution in [-0.4, -0.2) is 45.4 Å². The number of β-amino-alcohol motifs (C(OH)–C–C–N with tert-alkyl or cyclic N) is 1. The summed E-state index contributed by atoms with van der Waals surface area (Å²) in [6.45, 7) is 11.7. The van der Waals surface area contributed by atoms with E-state index in [4.69, 9.17) is 4.74 Å². The van der Waals surface area contributed by atoms with Gasteiger partial charge >= 0.3 is 0 Å². The van der Waals surface area contributed by atoms with Gasteiger partial charge in [0.1, 0.15) is 0 Å². The highest BCUT2D eigenvalue weighted by Crippen LogP contribution is 2.51.